The van der Waals surface area contributed by atoms with E-state index in [0.717, 1.165) is 17.0 Å². The fourth-order valence-electron chi connectivity index (χ4n) is 1.54. The van der Waals surface area contributed by atoms with Gasteiger partial charge in [-0.1, -0.05) is 12.1 Å². The Hall–Kier alpha value is -1.64. The molecule has 15 heavy (non-hydrogen) atoms. The summed E-state index contributed by atoms with van der Waals surface area (Å²) >= 11 is 0. The number of aryl methyl sites for hydroxylation is 1. The maximum atomic E-state index is 13.0. The Bertz CT molecular complexity index is 474. The molecule has 0 N–H and O–H groups in total. The summed E-state index contributed by atoms with van der Waals surface area (Å²) in [4.78, 5) is 4.20. The molecule has 78 valence electrons. The topological polar surface area (TPSA) is 17.8 Å². The highest BCUT2D eigenvalue weighted by Gasteiger charge is 2.02. The third kappa shape index (κ3) is 2.06. The lowest BCUT2D eigenvalue weighted by molar-refractivity contribution is 0.623. The third-order valence-corrected chi connectivity index (χ3v) is 2.59. The number of imidazole rings is 1. The van der Waals surface area contributed by atoms with Crippen LogP contribution < -0.4 is 0 Å². The summed E-state index contributed by atoms with van der Waals surface area (Å²) < 4.78 is 15.0. The summed E-state index contributed by atoms with van der Waals surface area (Å²) in [5.41, 5.74) is 3.10. The molecule has 0 atom stereocenters. The molecule has 0 bridgehead atoms. The van der Waals surface area contributed by atoms with Crippen molar-refractivity contribution in [3.05, 3.63) is 53.4 Å². The second-order valence-corrected chi connectivity index (χ2v) is 3.67. The van der Waals surface area contributed by atoms with Crippen molar-refractivity contribution < 1.29 is 4.39 Å². The standard InChI is InChI=1S/C12H13FN2/c1-9-10(2)15(8-14-9)7-11-4-3-5-12(13)6-11/h3-6,8H,7H2,1-2H3. The van der Waals surface area contributed by atoms with Gasteiger partial charge < -0.3 is 4.57 Å². The molecule has 1 aromatic heterocycles. The Balaban J connectivity index is 2.26. The number of aromatic nitrogens is 2. The predicted octanol–water partition coefficient (Wildman–Crippen LogP) is 2.69. The molecule has 0 radical (unpaired) electrons. The number of benzene rings is 1. The van der Waals surface area contributed by atoms with Gasteiger partial charge in [0, 0.05) is 12.2 Å². The van der Waals surface area contributed by atoms with Crippen LogP contribution in [-0.4, -0.2) is 9.55 Å². The van der Waals surface area contributed by atoms with Crippen LogP contribution in [0, 0.1) is 19.7 Å². The highest BCUT2D eigenvalue weighted by atomic mass is 19.1. The maximum Gasteiger partial charge on any atom is 0.123 e. The average molecular weight is 204 g/mol. The van der Waals surface area contributed by atoms with Crippen molar-refractivity contribution >= 4 is 0 Å². The lowest BCUT2D eigenvalue weighted by Gasteiger charge is -2.05. The van der Waals surface area contributed by atoms with Crippen LogP contribution in [0.1, 0.15) is 17.0 Å². The van der Waals surface area contributed by atoms with Crippen LogP contribution in [0.5, 0.6) is 0 Å². The van der Waals surface area contributed by atoms with Gasteiger partial charge in [-0.05, 0) is 31.5 Å². The van der Waals surface area contributed by atoms with Gasteiger partial charge in [0.25, 0.3) is 0 Å². The maximum absolute atomic E-state index is 13.0. The van der Waals surface area contributed by atoms with E-state index in [1.807, 2.05) is 24.5 Å². The molecule has 2 rings (SSSR count). The first kappa shape index (κ1) is 9.90. The molecule has 0 aliphatic rings. The molecular formula is C12H13FN2. The monoisotopic (exact) mass is 204 g/mol. The number of halogens is 1. The first-order valence-electron chi connectivity index (χ1n) is 4.89. The fourth-order valence-corrected chi connectivity index (χ4v) is 1.54. The highest BCUT2D eigenvalue weighted by Crippen LogP contribution is 2.09. The van der Waals surface area contributed by atoms with Gasteiger partial charge in [0.15, 0.2) is 0 Å². The van der Waals surface area contributed by atoms with E-state index in [-0.39, 0.29) is 5.82 Å². The number of hydrogen-bond acceptors (Lipinski definition) is 1. The molecule has 0 unspecified atom stereocenters. The SMILES string of the molecule is Cc1ncn(Cc2cccc(F)c2)c1C. The Kier molecular flexibility index (Phi) is 2.54. The summed E-state index contributed by atoms with van der Waals surface area (Å²) in [7, 11) is 0. The van der Waals surface area contributed by atoms with E-state index in [9.17, 15) is 4.39 Å². The molecule has 3 heteroatoms. The lowest BCUT2D eigenvalue weighted by atomic mass is 10.2. The minimum atomic E-state index is -0.193. The van der Waals surface area contributed by atoms with Crippen molar-refractivity contribution in [2.75, 3.05) is 0 Å². The van der Waals surface area contributed by atoms with E-state index >= 15 is 0 Å². The van der Waals surface area contributed by atoms with Crippen molar-refractivity contribution in [1.29, 1.82) is 0 Å². The van der Waals surface area contributed by atoms with E-state index in [1.54, 1.807) is 18.5 Å². The van der Waals surface area contributed by atoms with E-state index in [4.69, 9.17) is 0 Å². The number of hydrogen-bond donors (Lipinski definition) is 0. The molecule has 0 spiro atoms. The summed E-state index contributed by atoms with van der Waals surface area (Å²) in [6.07, 6.45) is 1.79. The van der Waals surface area contributed by atoms with Crippen LogP contribution in [0.3, 0.4) is 0 Å². The molecule has 1 aromatic carbocycles. The van der Waals surface area contributed by atoms with Gasteiger partial charge in [-0.2, -0.15) is 0 Å². The van der Waals surface area contributed by atoms with Gasteiger partial charge in [-0.3, -0.25) is 0 Å². The molecule has 0 saturated heterocycles. The summed E-state index contributed by atoms with van der Waals surface area (Å²) in [5.74, 6) is -0.193. The van der Waals surface area contributed by atoms with E-state index in [0.29, 0.717) is 6.54 Å². The van der Waals surface area contributed by atoms with Crippen LogP contribution in [0.15, 0.2) is 30.6 Å². The minimum Gasteiger partial charge on any atom is -0.330 e. The molecule has 0 aliphatic carbocycles. The van der Waals surface area contributed by atoms with Crippen LogP contribution in [0.2, 0.25) is 0 Å². The first-order valence-corrected chi connectivity index (χ1v) is 4.89. The number of nitrogens with zero attached hydrogens (tertiary/aromatic N) is 2. The summed E-state index contributed by atoms with van der Waals surface area (Å²) in [5, 5.41) is 0. The second kappa shape index (κ2) is 3.85. The smallest absolute Gasteiger partial charge is 0.123 e. The van der Waals surface area contributed by atoms with Crippen LogP contribution in [-0.2, 0) is 6.54 Å². The molecule has 0 fully saturated rings. The van der Waals surface area contributed by atoms with Gasteiger partial charge >= 0.3 is 0 Å². The molecule has 1 heterocycles. The summed E-state index contributed by atoms with van der Waals surface area (Å²) in [6.45, 7) is 4.66. The minimum absolute atomic E-state index is 0.193. The fraction of sp³-hybridized carbons (Fsp3) is 0.250. The lowest BCUT2D eigenvalue weighted by Crippen LogP contribution is -2.00. The quantitative estimate of drug-likeness (QED) is 0.735. The van der Waals surface area contributed by atoms with Crippen molar-refractivity contribution in [2.24, 2.45) is 0 Å². The van der Waals surface area contributed by atoms with Gasteiger partial charge in [-0.25, -0.2) is 9.37 Å². The zero-order valence-corrected chi connectivity index (χ0v) is 8.87. The van der Waals surface area contributed by atoms with E-state index in [1.165, 1.54) is 6.07 Å². The van der Waals surface area contributed by atoms with Crippen LogP contribution in [0.25, 0.3) is 0 Å². The van der Waals surface area contributed by atoms with Crippen LogP contribution in [0.4, 0.5) is 4.39 Å². The average Bonchev–Trinajstić information content (AvgIpc) is 2.50. The Morgan fingerprint density at radius 3 is 2.73 bits per heavy atom. The predicted molar refractivity (Wildman–Crippen MR) is 57.2 cm³/mol. The van der Waals surface area contributed by atoms with Crippen molar-refractivity contribution in [3.8, 4) is 0 Å². The van der Waals surface area contributed by atoms with Gasteiger partial charge in [0.05, 0.1) is 12.0 Å². The van der Waals surface area contributed by atoms with Gasteiger partial charge in [0.2, 0.25) is 0 Å². The molecule has 2 nitrogen and oxygen atoms in total. The first-order chi connectivity index (χ1) is 7.16. The normalized spacial score (nSPS) is 10.6. The highest BCUT2D eigenvalue weighted by molar-refractivity contribution is 5.18. The Morgan fingerprint density at radius 1 is 1.33 bits per heavy atom. The van der Waals surface area contributed by atoms with E-state index < -0.39 is 0 Å². The molecule has 0 amide bonds. The van der Waals surface area contributed by atoms with Gasteiger partial charge in [-0.15, -0.1) is 0 Å². The zero-order valence-electron chi connectivity index (χ0n) is 8.87. The molecule has 2 aromatic rings. The Labute approximate surface area is 88.4 Å². The Morgan fingerprint density at radius 2 is 2.13 bits per heavy atom. The second-order valence-electron chi connectivity index (χ2n) is 3.67. The van der Waals surface area contributed by atoms with Crippen molar-refractivity contribution in [1.82, 2.24) is 9.55 Å². The van der Waals surface area contributed by atoms with Crippen molar-refractivity contribution in [2.45, 2.75) is 20.4 Å². The van der Waals surface area contributed by atoms with E-state index in [2.05, 4.69) is 4.98 Å². The molecule has 0 aliphatic heterocycles. The summed E-state index contributed by atoms with van der Waals surface area (Å²) in [6, 6.07) is 6.64. The van der Waals surface area contributed by atoms with Gasteiger partial charge in [0.1, 0.15) is 5.82 Å². The third-order valence-electron chi connectivity index (χ3n) is 2.59. The molecule has 0 saturated carbocycles. The van der Waals surface area contributed by atoms with Crippen LogP contribution >= 0.6 is 0 Å². The van der Waals surface area contributed by atoms with Crippen molar-refractivity contribution in [3.63, 3.8) is 0 Å². The zero-order chi connectivity index (χ0) is 10.8. The number of rotatable bonds is 2. The largest absolute Gasteiger partial charge is 0.330 e. The molecular weight excluding hydrogens is 191 g/mol.